The minimum atomic E-state index is -0.183. The third-order valence-electron chi connectivity index (χ3n) is 4.45. The normalized spacial score (nSPS) is 11.3. The summed E-state index contributed by atoms with van der Waals surface area (Å²) >= 11 is 0. The minimum absolute atomic E-state index is 0.183. The second-order valence-corrected chi connectivity index (χ2v) is 7.11. The number of ether oxygens (including phenoxy) is 1. The number of nitrogens with zero attached hydrogens (tertiary/aromatic N) is 2. The summed E-state index contributed by atoms with van der Waals surface area (Å²) in [6, 6.07) is 7.99. The Morgan fingerprint density at radius 2 is 1.83 bits per heavy atom. The fourth-order valence-electron chi connectivity index (χ4n) is 2.98. The molecule has 0 saturated heterocycles. The second kappa shape index (κ2) is 11.1. The summed E-state index contributed by atoms with van der Waals surface area (Å²) in [6.07, 6.45) is 2.30. The van der Waals surface area contributed by atoms with Gasteiger partial charge in [-0.2, -0.15) is 0 Å². The predicted molar refractivity (Wildman–Crippen MR) is 116 cm³/mol. The molecule has 0 saturated carbocycles. The molecule has 0 aliphatic rings. The number of guanidine groups is 1. The second-order valence-electron chi connectivity index (χ2n) is 7.11. The number of likely N-dealkylation sites (N-methyl/N-ethyl adjacent to an activating group) is 1. The number of amides is 1. The van der Waals surface area contributed by atoms with Crippen LogP contribution in [0, 0.1) is 20.8 Å². The summed E-state index contributed by atoms with van der Waals surface area (Å²) in [5.41, 5.74) is 3.23. The van der Waals surface area contributed by atoms with E-state index in [0.717, 1.165) is 23.7 Å². The lowest BCUT2D eigenvalue weighted by Crippen LogP contribution is -2.41. The van der Waals surface area contributed by atoms with Crippen LogP contribution in [0.1, 0.15) is 33.7 Å². The van der Waals surface area contributed by atoms with Gasteiger partial charge in [-0.05, 0) is 56.5 Å². The Morgan fingerprint density at radius 3 is 2.45 bits per heavy atom. The van der Waals surface area contributed by atoms with Gasteiger partial charge in [0.2, 0.25) is 0 Å². The molecule has 0 atom stereocenters. The number of benzene rings is 1. The molecule has 0 radical (unpaired) electrons. The third-order valence-corrected chi connectivity index (χ3v) is 4.45. The first kappa shape index (κ1) is 22.3. The molecular weight excluding hydrogens is 368 g/mol. The van der Waals surface area contributed by atoms with Gasteiger partial charge in [-0.3, -0.25) is 9.79 Å². The van der Waals surface area contributed by atoms with E-state index in [1.165, 1.54) is 17.4 Å². The van der Waals surface area contributed by atoms with E-state index in [-0.39, 0.29) is 5.91 Å². The number of rotatable bonds is 9. The number of aryl methyl sites for hydroxylation is 3. The Balaban J connectivity index is 1.65. The van der Waals surface area contributed by atoms with Gasteiger partial charge < -0.3 is 24.7 Å². The van der Waals surface area contributed by atoms with E-state index in [4.69, 9.17) is 9.15 Å². The highest BCUT2D eigenvalue weighted by Crippen LogP contribution is 2.16. The summed E-state index contributed by atoms with van der Waals surface area (Å²) in [6.45, 7) is 8.52. The number of hydrogen-bond donors (Lipinski definition) is 2. The molecule has 0 unspecified atom stereocenters. The van der Waals surface area contributed by atoms with Gasteiger partial charge in [-0.25, -0.2) is 0 Å². The molecule has 1 aromatic carbocycles. The van der Waals surface area contributed by atoms with Gasteiger partial charge in [-0.1, -0.05) is 6.07 Å². The molecule has 158 valence electrons. The zero-order chi connectivity index (χ0) is 21.2. The van der Waals surface area contributed by atoms with Crippen molar-refractivity contribution in [2.24, 2.45) is 4.99 Å². The van der Waals surface area contributed by atoms with Gasteiger partial charge in [-0.15, -0.1) is 0 Å². The number of nitrogens with one attached hydrogen (secondary N) is 2. The van der Waals surface area contributed by atoms with Gasteiger partial charge in [0, 0.05) is 32.7 Å². The molecule has 0 spiro atoms. The van der Waals surface area contributed by atoms with Gasteiger partial charge in [0.05, 0.1) is 12.8 Å². The quantitative estimate of drug-likeness (QED) is 0.384. The van der Waals surface area contributed by atoms with Crippen LogP contribution in [-0.2, 0) is 0 Å². The van der Waals surface area contributed by atoms with Crippen LogP contribution in [0.2, 0.25) is 0 Å². The van der Waals surface area contributed by atoms with Crippen molar-refractivity contribution in [3.63, 3.8) is 0 Å². The van der Waals surface area contributed by atoms with E-state index in [2.05, 4.69) is 35.5 Å². The minimum Gasteiger partial charge on any atom is -0.492 e. The van der Waals surface area contributed by atoms with E-state index < -0.39 is 0 Å². The molecule has 29 heavy (non-hydrogen) atoms. The zero-order valence-electron chi connectivity index (χ0n) is 18.0. The van der Waals surface area contributed by atoms with Crippen LogP contribution in [0.15, 0.2) is 39.9 Å². The standard InChI is InChI=1S/C22H32N4O3/c1-16-13-17(2)15-19(14-16)28-12-10-26(5)22(23-4)25-9-6-8-24-21(27)20-18(3)7-11-29-20/h7,11,13-15H,6,8-10,12H2,1-5H3,(H,23,25)(H,24,27). The molecule has 0 aliphatic carbocycles. The van der Waals surface area contributed by atoms with Crippen LogP contribution < -0.4 is 15.4 Å². The number of carbonyl (C=O) groups excluding carboxylic acids is 1. The number of aliphatic imine (C=N–C) groups is 1. The van der Waals surface area contributed by atoms with Crippen molar-refractivity contribution in [2.75, 3.05) is 40.3 Å². The molecule has 2 N–H and O–H groups in total. The lowest BCUT2D eigenvalue weighted by atomic mass is 10.1. The van der Waals surface area contributed by atoms with Gasteiger partial charge >= 0.3 is 0 Å². The number of carbonyl (C=O) groups is 1. The number of hydrogen-bond acceptors (Lipinski definition) is 4. The van der Waals surface area contributed by atoms with Crippen LogP contribution in [-0.4, -0.2) is 57.1 Å². The van der Waals surface area contributed by atoms with E-state index >= 15 is 0 Å². The van der Waals surface area contributed by atoms with Crippen molar-refractivity contribution in [3.05, 3.63) is 53.0 Å². The van der Waals surface area contributed by atoms with Crippen LogP contribution in [0.3, 0.4) is 0 Å². The summed E-state index contributed by atoms with van der Waals surface area (Å²) in [5, 5.41) is 6.16. The molecular formula is C22H32N4O3. The van der Waals surface area contributed by atoms with Crippen molar-refractivity contribution < 1.29 is 13.9 Å². The topological polar surface area (TPSA) is 79.1 Å². The Labute approximate surface area is 173 Å². The first-order chi connectivity index (χ1) is 13.9. The Bertz CT molecular complexity index is 809. The van der Waals surface area contributed by atoms with Crippen LogP contribution in [0.5, 0.6) is 5.75 Å². The average Bonchev–Trinajstić information content (AvgIpc) is 3.09. The largest absolute Gasteiger partial charge is 0.492 e. The lowest BCUT2D eigenvalue weighted by Gasteiger charge is -2.22. The highest BCUT2D eigenvalue weighted by Gasteiger charge is 2.11. The van der Waals surface area contributed by atoms with Gasteiger partial charge in [0.25, 0.3) is 5.91 Å². The van der Waals surface area contributed by atoms with E-state index in [1.807, 2.05) is 31.0 Å². The highest BCUT2D eigenvalue weighted by atomic mass is 16.5. The summed E-state index contributed by atoms with van der Waals surface area (Å²) in [4.78, 5) is 18.3. The lowest BCUT2D eigenvalue weighted by molar-refractivity contribution is 0.0925. The average molecular weight is 401 g/mol. The third kappa shape index (κ3) is 7.18. The molecule has 2 rings (SSSR count). The summed E-state index contributed by atoms with van der Waals surface area (Å²) in [7, 11) is 3.73. The SMILES string of the molecule is CN=C(NCCCNC(=O)c1occc1C)N(C)CCOc1cc(C)cc(C)c1. The molecule has 7 nitrogen and oxygen atoms in total. The van der Waals surface area contributed by atoms with Crippen LogP contribution in [0.4, 0.5) is 0 Å². The van der Waals surface area contributed by atoms with E-state index in [0.29, 0.717) is 32.0 Å². The Kier molecular flexibility index (Phi) is 8.58. The van der Waals surface area contributed by atoms with Crippen LogP contribution in [0.25, 0.3) is 0 Å². The fraction of sp³-hybridized carbons (Fsp3) is 0.455. The number of furan rings is 1. The van der Waals surface area contributed by atoms with Crippen molar-refractivity contribution >= 4 is 11.9 Å². The van der Waals surface area contributed by atoms with Gasteiger partial charge in [0.15, 0.2) is 11.7 Å². The van der Waals surface area contributed by atoms with Crippen molar-refractivity contribution in [1.82, 2.24) is 15.5 Å². The van der Waals surface area contributed by atoms with E-state index in [1.54, 1.807) is 13.1 Å². The first-order valence-electron chi connectivity index (χ1n) is 9.86. The molecule has 1 heterocycles. The van der Waals surface area contributed by atoms with Gasteiger partial charge in [0.1, 0.15) is 12.4 Å². The summed E-state index contributed by atoms with van der Waals surface area (Å²) < 4.78 is 11.1. The monoisotopic (exact) mass is 400 g/mol. The maximum atomic E-state index is 12.0. The smallest absolute Gasteiger partial charge is 0.287 e. The van der Waals surface area contributed by atoms with Crippen molar-refractivity contribution in [1.29, 1.82) is 0 Å². The van der Waals surface area contributed by atoms with Crippen LogP contribution >= 0.6 is 0 Å². The first-order valence-corrected chi connectivity index (χ1v) is 9.86. The molecule has 0 aliphatic heterocycles. The van der Waals surface area contributed by atoms with Crippen molar-refractivity contribution in [2.45, 2.75) is 27.2 Å². The molecule has 1 aromatic heterocycles. The zero-order valence-corrected chi connectivity index (χ0v) is 18.0. The molecule has 2 aromatic rings. The fourth-order valence-corrected chi connectivity index (χ4v) is 2.98. The molecule has 0 bridgehead atoms. The van der Waals surface area contributed by atoms with E-state index in [9.17, 15) is 4.79 Å². The molecule has 7 heteroatoms. The Morgan fingerprint density at radius 1 is 1.14 bits per heavy atom. The maximum absolute atomic E-state index is 12.0. The molecule has 0 fully saturated rings. The van der Waals surface area contributed by atoms with Crippen molar-refractivity contribution in [3.8, 4) is 5.75 Å². The maximum Gasteiger partial charge on any atom is 0.287 e. The highest BCUT2D eigenvalue weighted by molar-refractivity contribution is 5.92. The molecule has 1 amide bonds. The predicted octanol–water partition coefficient (Wildman–Crippen LogP) is 2.91. The summed E-state index contributed by atoms with van der Waals surface area (Å²) in [5.74, 6) is 1.87. The Hall–Kier alpha value is -2.96.